The molecule has 4 rings (SSSR count). The zero-order chi connectivity index (χ0) is 14.6. The van der Waals surface area contributed by atoms with Gasteiger partial charge in [0.15, 0.2) is 0 Å². The van der Waals surface area contributed by atoms with Crippen LogP contribution in [-0.4, -0.2) is 40.6 Å². The molecule has 0 spiro atoms. The molecule has 5 nitrogen and oxygen atoms in total. The van der Waals surface area contributed by atoms with E-state index in [1.807, 2.05) is 30.4 Å². The van der Waals surface area contributed by atoms with Crippen LogP contribution >= 0.6 is 0 Å². The number of carbonyl (C=O) groups excluding carboxylic acids is 2. The Morgan fingerprint density at radius 1 is 1.05 bits per heavy atom. The molecule has 0 aromatic heterocycles. The first kappa shape index (κ1) is 12.7. The summed E-state index contributed by atoms with van der Waals surface area (Å²) in [5.41, 5.74) is 0.701. The Balaban J connectivity index is 1.55. The number of ether oxygens (including phenoxy) is 1. The van der Waals surface area contributed by atoms with Gasteiger partial charge in [-0.2, -0.15) is 0 Å². The van der Waals surface area contributed by atoms with E-state index in [4.69, 9.17) is 4.74 Å². The third-order valence-electron chi connectivity index (χ3n) is 4.54. The van der Waals surface area contributed by atoms with Crippen molar-refractivity contribution in [3.05, 3.63) is 48.0 Å². The summed E-state index contributed by atoms with van der Waals surface area (Å²) >= 11 is 0. The van der Waals surface area contributed by atoms with Crippen molar-refractivity contribution in [1.82, 2.24) is 4.90 Å². The lowest BCUT2D eigenvalue weighted by Crippen LogP contribution is -2.37. The molecular weight excluding hydrogens is 270 g/mol. The van der Waals surface area contributed by atoms with Gasteiger partial charge in [-0.3, -0.25) is 14.5 Å². The highest BCUT2D eigenvalue weighted by Crippen LogP contribution is 2.45. The molecule has 21 heavy (non-hydrogen) atoms. The lowest BCUT2D eigenvalue weighted by Gasteiger charge is -2.21. The number of β-amino-alcohol motifs (C(OH)–C–C–N with tert-alkyl or cyclic N) is 1. The maximum absolute atomic E-state index is 12.4. The van der Waals surface area contributed by atoms with Crippen LogP contribution in [0.1, 0.15) is 11.7 Å². The van der Waals surface area contributed by atoms with E-state index in [2.05, 4.69) is 0 Å². The molecule has 0 radical (unpaired) electrons. The van der Waals surface area contributed by atoms with Crippen LogP contribution in [0.3, 0.4) is 0 Å². The van der Waals surface area contributed by atoms with Crippen LogP contribution in [0.4, 0.5) is 0 Å². The van der Waals surface area contributed by atoms with Crippen molar-refractivity contribution in [2.24, 2.45) is 11.8 Å². The van der Waals surface area contributed by atoms with Crippen LogP contribution in [-0.2, 0) is 14.3 Å². The largest absolute Gasteiger partial charge is 0.387 e. The molecule has 1 aromatic rings. The molecule has 1 aromatic carbocycles. The van der Waals surface area contributed by atoms with Gasteiger partial charge >= 0.3 is 0 Å². The standard InChI is InChI=1S/C16H15NO4/c18-10(9-4-2-1-3-5-9)8-17-15(19)13-11-6-7-12(21-11)14(13)16(17)20/h1-7,10-14,18H,8H2/t10-,11-,12+,13+,14+/m1/s1. The summed E-state index contributed by atoms with van der Waals surface area (Å²) in [6, 6.07) is 9.06. The molecule has 2 fully saturated rings. The molecule has 108 valence electrons. The molecular formula is C16H15NO4. The van der Waals surface area contributed by atoms with Gasteiger partial charge in [0, 0.05) is 0 Å². The molecule has 1 N–H and O–H groups in total. The summed E-state index contributed by atoms with van der Waals surface area (Å²) in [5, 5.41) is 10.2. The molecule has 0 saturated carbocycles. The summed E-state index contributed by atoms with van der Waals surface area (Å²) in [7, 11) is 0. The second kappa shape index (κ2) is 4.51. The van der Waals surface area contributed by atoms with Crippen molar-refractivity contribution >= 4 is 11.8 Å². The van der Waals surface area contributed by atoms with Crippen LogP contribution in [0.25, 0.3) is 0 Å². The van der Waals surface area contributed by atoms with E-state index in [0.717, 1.165) is 0 Å². The van der Waals surface area contributed by atoms with E-state index in [9.17, 15) is 14.7 Å². The fraction of sp³-hybridized carbons (Fsp3) is 0.375. The van der Waals surface area contributed by atoms with E-state index >= 15 is 0 Å². The van der Waals surface area contributed by atoms with Crippen LogP contribution in [0.5, 0.6) is 0 Å². The number of nitrogens with zero attached hydrogens (tertiary/aromatic N) is 1. The summed E-state index contributed by atoms with van der Waals surface area (Å²) in [5.74, 6) is -1.26. The van der Waals surface area contributed by atoms with Crippen LogP contribution < -0.4 is 0 Å². The number of rotatable bonds is 3. The molecule has 3 aliphatic rings. The molecule has 2 bridgehead atoms. The predicted molar refractivity (Wildman–Crippen MR) is 72.9 cm³/mol. The minimum absolute atomic E-state index is 0.00806. The number of aliphatic hydroxyl groups excluding tert-OH is 1. The second-order valence-electron chi connectivity index (χ2n) is 5.72. The minimum atomic E-state index is -0.857. The van der Waals surface area contributed by atoms with E-state index in [1.165, 1.54) is 4.90 Å². The fourth-order valence-electron chi connectivity index (χ4n) is 3.50. The molecule has 0 unspecified atom stereocenters. The zero-order valence-corrected chi connectivity index (χ0v) is 11.3. The average Bonchev–Trinajstić information content (AvgIpc) is 3.18. The molecule has 2 saturated heterocycles. The molecule has 5 atom stereocenters. The van der Waals surface area contributed by atoms with Gasteiger partial charge in [-0.15, -0.1) is 0 Å². The number of hydrogen-bond donors (Lipinski definition) is 1. The SMILES string of the molecule is O=C1[C@@H]2[C@@H](C(=O)N1C[C@@H](O)c1ccccc1)[C@H]1C=C[C@@H]2O1. The Labute approximate surface area is 121 Å². The van der Waals surface area contributed by atoms with Crippen LogP contribution in [0.15, 0.2) is 42.5 Å². The quantitative estimate of drug-likeness (QED) is 0.654. The zero-order valence-electron chi connectivity index (χ0n) is 11.3. The van der Waals surface area contributed by atoms with E-state index < -0.39 is 17.9 Å². The average molecular weight is 285 g/mol. The van der Waals surface area contributed by atoms with Gasteiger partial charge in [-0.1, -0.05) is 42.5 Å². The molecule has 3 heterocycles. The second-order valence-corrected chi connectivity index (χ2v) is 5.72. The first-order valence-corrected chi connectivity index (χ1v) is 7.09. The van der Waals surface area contributed by atoms with E-state index in [-0.39, 0.29) is 30.6 Å². The molecule has 5 heteroatoms. The van der Waals surface area contributed by atoms with Gasteiger partial charge in [0.05, 0.1) is 36.7 Å². The lowest BCUT2D eigenvalue weighted by molar-refractivity contribution is -0.144. The van der Waals surface area contributed by atoms with Crippen molar-refractivity contribution in [2.45, 2.75) is 18.3 Å². The van der Waals surface area contributed by atoms with Crippen molar-refractivity contribution in [3.63, 3.8) is 0 Å². The Morgan fingerprint density at radius 2 is 1.62 bits per heavy atom. The van der Waals surface area contributed by atoms with Crippen LogP contribution in [0.2, 0.25) is 0 Å². The topological polar surface area (TPSA) is 66.8 Å². The maximum Gasteiger partial charge on any atom is 0.236 e. The summed E-state index contributed by atoms with van der Waals surface area (Å²) in [6.07, 6.45) is 2.29. The number of carbonyl (C=O) groups is 2. The number of hydrogen-bond acceptors (Lipinski definition) is 4. The van der Waals surface area contributed by atoms with Gasteiger partial charge in [0.1, 0.15) is 0 Å². The predicted octanol–water partition coefficient (Wildman–Crippen LogP) is 0.658. The first-order valence-electron chi connectivity index (χ1n) is 7.09. The number of likely N-dealkylation sites (tertiary alicyclic amines) is 1. The Morgan fingerprint density at radius 3 is 2.19 bits per heavy atom. The lowest BCUT2D eigenvalue weighted by atomic mass is 9.85. The molecule has 3 aliphatic heterocycles. The smallest absolute Gasteiger partial charge is 0.236 e. The molecule has 0 aliphatic carbocycles. The van der Waals surface area contributed by atoms with Gasteiger partial charge in [0.25, 0.3) is 0 Å². The van der Waals surface area contributed by atoms with E-state index in [0.29, 0.717) is 5.56 Å². The Kier molecular flexibility index (Phi) is 2.74. The summed E-state index contributed by atoms with van der Waals surface area (Å²) in [4.78, 5) is 26.1. The highest BCUT2D eigenvalue weighted by Gasteiger charge is 2.60. The number of amides is 2. The minimum Gasteiger partial charge on any atom is -0.387 e. The third kappa shape index (κ3) is 1.78. The molecule has 2 amide bonds. The maximum atomic E-state index is 12.4. The van der Waals surface area contributed by atoms with Crippen molar-refractivity contribution < 1.29 is 19.4 Å². The van der Waals surface area contributed by atoms with Gasteiger partial charge in [-0.25, -0.2) is 0 Å². The highest BCUT2D eigenvalue weighted by molar-refractivity contribution is 6.06. The third-order valence-corrected chi connectivity index (χ3v) is 4.54. The normalized spacial score (nSPS) is 34.6. The van der Waals surface area contributed by atoms with Gasteiger partial charge in [-0.05, 0) is 5.56 Å². The Bertz CT molecular complexity index is 596. The number of benzene rings is 1. The first-order chi connectivity index (χ1) is 10.2. The fourth-order valence-corrected chi connectivity index (χ4v) is 3.50. The Hall–Kier alpha value is -1.98. The van der Waals surface area contributed by atoms with E-state index in [1.54, 1.807) is 12.1 Å². The highest BCUT2D eigenvalue weighted by atomic mass is 16.5. The number of imide groups is 1. The van der Waals surface area contributed by atoms with Crippen molar-refractivity contribution in [2.75, 3.05) is 6.54 Å². The van der Waals surface area contributed by atoms with Gasteiger partial charge in [0.2, 0.25) is 11.8 Å². The summed E-state index contributed by atoms with van der Waals surface area (Å²) in [6.45, 7) is 0.00806. The van der Waals surface area contributed by atoms with Crippen molar-refractivity contribution in [1.29, 1.82) is 0 Å². The van der Waals surface area contributed by atoms with Crippen molar-refractivity contribution in [3.8, 4) is 0 Å². The number of aliphatic hydroxyl groups is 1. The summed E-state index contributed by atoms with van der Waals surface area (Å²) < 4.78 is 5.58. The number of fused-ring (bicyclic) bond motifs is 5. The monoisotopic (exact) mass is 285 g/mol. The van der Waals surface area contributed by atoms with Gasteiger partial charge < -0.3 is 9.84 Å². The van der Waals surface area contributed by atoms with Crippen LogP contribution in [0, 0.1) is 11.8 Å².